The van der Waals surface area contributed by atoms with Crippen LogP contribution in [0.4, 0.5) is 0 Å². The molecule has 0 saturated carbocycles. The number of carbonyl (C=O) groups excluding carboxylic acids is 3. The Morgan fingerprint density at radius 1 is 0.378 bits per heavy atom. The van der Waals surface area contributed by atoms with Crippen LogP contribution in [-0.2, 0) is 42.2 Å². The third-order valence-corrected chi connectivity index (χ3v) is 14.2. The molecule has 432 valence electrons. The largest absolute Gasteiger partial charge is 0.472 e. The molecule has 3 atom stereocenters. The number of rotatable bonds is 57. The highest BCUT2D eigenvalue weighted by molar-refractivity contribution is 7.47. The minimum Gasteiger partial charge on any atom is -0.462 e. The van der Waals surface area contributed by atoms with Gasteiger partial charge in [-0.25, -0.2) is 4.57 Å². The van der Waals surface area contributed by atoms with Gasteiger partial charge in [0.25, 0.3) is 0 Å². The molecule has 0 aliphatic heterocycles. The zero-order valence-corrected chi connectivity index (χ0v) is 48.7. The van der Waals surface area contributed by atoms with Crippen LogP contribution in [0.5, 0.6) is 0 Å². The van der Waals surface area contributed by atoms with Crippen molar-refractivity contribution >= 4 is 25.7 Å². The summed E-state index contributed by atoms with van der Waals surface area (Å²) in [5.74, 6) is -1.46. The fourth-order valence-electron chi connectivity index (χ4n) is 8.54. The normalized spacial score (nSPS) is 13.6. The summed E-state index contributed by atoms with van der Waals surface area (Å²) in [7, 11) is -4.75. The number of phosphoric acid groups is 1. The van der Waals surface area contributed by atoms with Crippen LogP contribution in [-0.4, -0.2) is 66.5 Å². The van der Waals surface area contributed by atoms with Crippen molar-refractivity contribution in [1.29, 1.82) is 0 Å². The van der Waals surface area contributed by atoms with Gasteiger partial charge in [-0.05, 0) is 83.5 Å². The van der Waals surface area contributed by atoms with E-state index in [1.54, 1.807) is 0 Å². The second-order valence-corrected chi connectivity index (χ2v) is 22.0. The Hall–Kier alpha value is -2.56. The Morgan fingerprint density at radius 3 is 1.03 bits per heavy atom. The van der Waals surface area contributed by atoms with Gasteiger partial charge in [-0.2, -0.15) is 0 Å². The number of allylic oxidation sites excluding steroid dienone is 8. The molecule has 0 aliphatic rings. The van der Waals surface area contributed by atoms with Crippen molar-refractivity contribution in [2.24, 2.45) is 0 Å². The van der Waals surface area contributed by atoms with Crippen LogP contribution >= 0.6 is 7.82 Å². The highest BCUT2D eigenvalue weighted by atomic mass is 31.2. The van der Waals surface area contributed by atoms with E-state index in [1.807, 2.05) is 0 Å². The van der Waals surface area contributed by atoms with Gasteiger partial charge in [-0.3, -0.25) is 23.4 Å². The predicted octanol–water partition coefficient (Wildman–Crippen LogP) is 18.1. The molecule has 0 aliphatic carbocycles. The SMILES string of the molecule is CCCCC/C=C\C/C=C\CCCCCCCCCCCC(=O)OC(CO)COP(=O)(O)OCC(COC(=O)CCCCCCCCCCC)OC(=O)CCCCCCCCCCC/C=C\C/C=C\CCCCC. The molecule has 0 aromatic rings. The average molecular weight is 1070 g/mol. The van der Waals surface area contributed by atoms with E-state index >= 15 is 0 Å². The number of aliphatic hydroxyl groups is 1. The van der Waals surface area contributed by atoms with E-state index in [9.17, 15) is 28.9 Å². The molecule has 2 N–H and O–H groups in total. The van der Waals surface area contributed by atoms with Gasteiger partial charge in [0, 0.05) is 19.3 Å². The molecule has 3 unspecified atom stereocenters. The summed E-state index contributed by atoms with van der Waals surface area (Å²) in [4.78, 5) is 48.5. The molecule has 0 radical (unpaired) electrons. The lowest BCUT2D eigenvalue weighted by Gasteiger charge is -2.21. The number of hydrogen-bond acceptors (Lipinski definition) is 10. The average Bonchev–Trinajstić information content (AvgIpc) is 3.39. The van der Waals surface area contributed by atoms with Gasteiger partial charge in [0.05, 0.1) is 19.8 Å². The second kappa shape index (κ2) is 56.6. The number of unbranched alkanes of at least 4 members (excludes halogenated alkanes) is 32. The summed E-state index contributed by atoms with van der Waals surface area (Å²) < 4.78 is 39.5. The van der Waals surface area contributed by atoms with Crippen molar-refractivity contribution in [3.63, 3.8) is 0 Å². The maximum Gasteiger partial charge on any atom is 0.472 e. The molecule has 0 fully saturated rings. The summed E-state index contributed by atoms with van der Waals surface area (Å²) in [6, 6.07) is 0. The number of phosphoric ester groups is 1. The molecule has 74 heavy (non-hydrogen) atoms. The van der Waals surface area contributed by atoms with Gasteiger partial charge in [-0.15, -0.1) is 0 Å². The Balaban J connectivity index is 4.57. The van der Waals surface area contributed by atoms with Crippen molar-refractivity contribution in [3.8, 4) is 0 Å². The number of hydrogen-bond donors (Lipinski definition) is 2. The summed E-state index contributed by atoms with van der Waals surface area (Å²) in [6.45, 7) is 4.60. The van der Waals surface area contributed by atoms with Crippen molar-refractivity contribution in [2.45, 2.75) is 303 Å². The van der Waals surface area contributed by atoms with E-state index in [2.05, 4.69) is 69.4 Å². The molecule has 0 amide bonds. The molecule has 0 spiro atoms. The number of carbonyl (C=O) groups is 3. The molecule has 0 rings (SSSR count). The zero-order valence-electron chi connectivity index (χ0n) is 47.8. The highest BCUT2D eigenvalue weighted by Crippen LogP contribution is 2.43. The van der Waals surface area contributed by atoms with Crippen LogP contribution in [0, 0.1) is 0 Å². The summed E-state index contributed by atoms with van der Waals surface area (Å²) in [5.41, 5.74) is 0. The first kappa shape index (κ1) is 71.4. The van der Waals surface area contributed by atoms with Crippen LogP contribution in [0.25, 0.3) is 0 Å². The van der Waals surface area contributed by atoms with Crippen molar-refractivity contribution in [2.75, 3.05) is 26.4 Å². The first-order chi connectivity index (χ1) is 36.2. The lowest BCUT2D eigenvalue weighted by molar-refractivity contribution is -0.161. The van der Waals surface area contributed by atoms with Crippen molar-refractivity contribution < 1.29 is 52.2 Å². The standard InChI is InChI=1S/C62H113O11P/c1-4-7-10-13-16-19-21-23-25-27-29-31-33-35-37-40-43-46-49-52-61(65)72-58(54-63)56-70-74(67,68)71-57-59(55-69-60(64)51-48-45-42-39-18-15-12-9-6-3)73-62(66)53-50-47-44-41-38-36-34-32-30-28-26-24-22-20-17-14-11-8-5-2/h16-17,19-20,23-26,58-59,63H,4-15,18,21-22,27-57H2,1-3H3,(H,67,68)/b19-16-,20-17-,25-23-,26-24-. The van der Waals surface area contributed by atoms with Gasteiger partial charge in [0.15, 0.2) is 6.10 Å². The summed E-state index contributed by atoms with van der Waals surface area (Å²) >= 11 is 0. The Kier molecular flexibility index (Phi) is 54.7. The molecule has 0 aromatic heterocycles. The first-order valence-electron chi connectivity index (χ1n) is 30.5. The summed E-state index contributed by atoms with van der Waals surface area (Å²) in [6.07, 6.45) is 60.7. The Bertz CT molecular complexity index is 1430. The lowest BCUT2D eigenvalue weighted by atomic mass is 10.1. The van der Waals surface area contributed by atoms with E-state index in [-0.39, 0.29) is 25.9 Å². The van der Waals surface area contributed by atoms with E-state index < -0.39 is 57.8 Å². The maximum atomic E-state index is 12.9. The van der Waals surface area contributed by atoms with E-state index in [4.69, 9.17) is 23.3 Å². The molecular weight excluding hydrogens is 952 g/mol. The molecular formula is C62H113O11P. The topological polar surface area (TPSA) is 155 Å². The third-order valence-electron chi connectivity index (χ3n) is 13.2. The van der Waals surface area contributed by atoms with E-state index in [0.717, 1.165) is 83.5 Å². The lowest BCUT2D eigenvalue weighted by Crippen LogP contribution is -2.30. The molecule has 12 heteroatoms. The molecule has 0 heterocycles. The summed E-state index contributed by atoms with van der Waals surface area (Å²) in [5, 5.41) is 9.83. The fraction of sp³-hybridized carbons (Fsp3) is 0.823. The smallest absolute Gasteiger partial charge is 0.462 e. The molecule has 0 saturated heterocycles. The zero-order chi connectivity index (χ0) is 54.1. The maximum absolute atomic E-state index is 12.9. The van der Waals surface area contributed by atoms with Crippen LogP contribution in [0.1, 0.15) is 290 Å². The third kappa shape index (κ3) is 54.2. The highest BCUT2D eigenvalue weighted by Gasteiger charge is 2.28. The number of aliphatic hydroxyl groups excluding tert-OH is 1. The fourth-order valence-corrected chi connectivity index (χ4v) is 9.32. The van der Waals surface area contributed by atoms with Crippen LogP contribution in [0.3, 0.4) is 0 Å². The Labute approximate surface area is 453 Å². The quantitative estimate of drug-likeness (QED) is 0.0197. The van der Waals surface area contributed by atoms with Gasteiger partial charge in [0.1, 0.15) is 12.7 Å². The van der Waals surface area contributed by atoms with Gasteiger partial charge < -0.3 is 24.2 Å². The van der Waals surface area contributed by atoms with E-state index in [1.165, 1.54) is 148 Å². The second-order valence-electron chi connectivity index (χ2n) is 20.5. The van der Waals surface area contributed by atoms with Crippen molar-refractivity contribution in [1.82, 2.24) is 0 Å². The molecule has 11 nitrogen and oxygen atoms in total. The van der Waals surface area contributed by atoms with Crippen LogP contribution in [0.15, 0.2) is 48.6 Å². The van der Waals surface area contributed by atoms with E-state index in [0.29, 0.717) is 19.3 Å². The minimum atomic E-state index is -4.75. The van der Waals surface area contributed by atoms with Crippen molar-refractivity contribution in [3.05, 3.63) is 48.6 Å². The first-order valence-corrected chi connectivity index (χ1v) is 32.0. The van der Waals surface area contributed by atoms with Gasteiger partial charge in [0.2, 0.25) is 0 Å². The minimum absolute atomic E-state index is 0.165. The molecule has 0 aromatic carbocycles. The van der Waals surface area contributed by atoms with Gasteiger partial charge in [-0.1, -0.05) is 236 Å². The Morgan fingerprint density at radius 2 is 0.662 bits per heavy atom. The van der Waals surface area contributed by atoms with Crippen LogP contribution in [0.2, 0.25) is 0 Å². The van der Waals surface area contributed by atoms with Crippen LogP contribution < -0.4 is 0 Å². The number of esters is 3. The molecule has 0 bridgehead atoms. The predicted molar refractivity (Wildman–Crippen MR) is 307 cm³/mol. The van der Waals surface area contributed by atoms with Gasteiger partial charge >= 0.3 is 25.7 Å². The number of ether oxygens (including phenoxy) is 3. The monoisotopic (exact) mass is 1060 g/mol.